The molecule has 2 aromatic heterocycles. The van der Waals surface area contributed by atoms with Gasteiger partial charge in [0, 0.05) is 37.9 Å². The van der Waals surface area contributed by atoms with Crippen LogP contribution in [-0.4, -0.2) is 22.4 Å². The fourth-order valence-corrected chi connectivity index (χ4v) is 2.49. The Morgan fingerprint density at radius 1 is 1.04 bits per heavy atom. The first-order valence-corrected chi connectivity index (χ1v) is 8.32. The maximum absolute atomic E-state index is 13.6. The van der Waals surface area contributed by atoms with E-state index in [4.69, 9.17) is 0 Å². The van der Waals surface area contributed by atoms with Gasteiger partial charge >= 0.3 is 0 Å². The summed E-state index contributed by atoms with van der Waals surface area (Å²) in [4.78, 5) is 20.4. The monoisotopic (exact) mass is 350 g/mol. The number of amides is 1. The van der Waals surface area contributed by atoms with Crippen molar-refractivity contribution in [2.45, 2.75) is 13.0 Å². The van der Waals surface area contributed by atoms with Gasteiger partial charge in [-0.05, 0) is 35.7 Å². The normalized spacial score (nSPS) is 10.3. The van der Waals surface area contributed by atoms with E-state index in [0.717, 1.165) is 11.3 Å². The van der Waals surface area contributed by atoms with Gasteiger partial charge in [0.1, 0.15) is 5.82 Å². The summed E-state index contributed by atoms with van der Waals surface area (Å²) in [6.07, 6.45) is 7.09. The van der Waals surface area contributed by atoms with Gasteiger partial charge in [0.2, 0.25) is 0 Å². The molecule has 6 heteroatoms. The van der Waals surface area contributed by atoms with E-state index in [9.17, 15) is 9.18 Å². The highest BCUT2D eigenvalue weighted by Gasteiger charge is 2.07. The average Bonchev–Trinajstić information content (AvgIpc) is 2.69. The Hall–Kier alpha value is -3.28. The summed E-state index contributed by atoms with van der Waals surface area (Å²) in [5, 5.41) is 6.01. The molecule has 0 bridgehead atoms. The molecular weight excluding hydrogens is 331 g/mol. The molecule has 0 aliphatic heterocycles. The van der Waals surface area contributed by atoms with Gasteiger partial charge in [0.25, 0.3) is 5.91 Å². The van der Waals surface area contributed by atoms with Crippen molar-refractivity contribution in [1.29, 1.82) is 0 Å². The second kappa shape index (κ2) is 8.71. The van der Waals surface area contributed by atoms with Gasteiger partial charge in [-0.25, -0.2) is 4.39 Å². The summed E-state index contributed by atoms with van der Waals surface area (Å²) in [6.45, 7) is 0.945. The van der Waals surface area contributed by atoms with Crippen LogP contribution in [0.2, 0.25) is 0 Å². The van der Waals surface area contributed by atoms with E-state index in [-0.39, 0.29) is 11.7 Å². The van der Waals surface area contributed by atoms with Crippen molar-refractivity contribution in [3.8, 4) is 0 Å². The van der Waals surface area contributed by atoms with E-state index in [0.29, 0.717) is 30.6 Å². The van der Waals surface area contributed by atoms with Crippen molar-refractivity contribution >= 4 is 11.6 Å². The predicted octanol–water partition coefficient (Wildman–Crippen LogP) is 3.20. The van der Waals surface area contributed by atoms with Crippen molar-refractivity contribution in [1.82, 2.24) is 15.3 Å². The van der Waals surface area contributed by atoms with E-state index >= 15 is 0 Å². The molecule has 0 spiro atoms. The smallest absolute Gasteiger partial charge is 0.253 e. The molecule has 0 unspecified atom stereocenters. The van der Waals surface area contributed by atoms with Gasteiger partial charge in [-0.2, -0.15) is 0 Å². The second-order valence-electron chi connectivity index (χ2n) is 5.77. The standard InChI is InChI=1S/C20H19FN4O/c21-19-6-2-1-5-16(19)7-9-24-18-10-17(13-23-14-18)20(26)25-12-15-4-3-8-22-11-15/h1-6,8,10-11,13-14,24H,7,9,12H2,(H,25,26). The van der Waals surface area contributed by atoms with Crippen LogP contribution in [0.3, 0.4) is 0 Å². The number of nitrogens with one attached hydrogen (secondary N) is 2. The Morgan fingerprint density at radius 3 is 2.73 bits per heavy atom. The number of pyridine rings is 2. The lowest BCUT2D eigenvalue weighted by Crippen LogP contribution is -2.23. The summed E-state index contributed by atoms with van der Waals surface area (Å²) in [6, 6.07) is 12.1. The molecule has 0 saturated heterocycles. The maximum Gasteiger partial charge on any atom is 0.253 e. The molecule has 0 fully saturated rings. The van der Waals surface area contributed by atoms with Crippen LogP contribution < -0.4 is 10.6 Å². The molecule has 1 aromatic carbocycles. The molecule has 0 radical (unpaired) electrons. The Labute approximate surface area is 151 Å². The van der Waals surface area contributed by atoms with Crippen molar-refractivity contribution in [3.05, 3.63) is 89.8 Å². The lowest BCUT2D eigenvalue weighted by Gasteiger charge is -2.09. The molecule has 0 aliphatic carbocycles. The number of hydrogen-bond acceptors (Lipinski definition) is 4. The fraction of sp³-hybridized carbons (Fsp3) is 0.150. The largest absolute Gasteiger partial charge is 0.383 e. The van der Waals surface area contributed by atoms with E-state index in [1.807, 2.05) is 18.2 Å². The molecule has 0 atom stereocenters. The number of anilines is 1. The number of hydrogen-bond donors (Lipinski definition) is 2. The quantitative estimate of drug-likeness (QED) is 0.687. The van der Waals surface area contributed by atoms with Crippen LogP contribution in [0.25, 0.3) is 0 Å². The molecule has 2 heterocycles. The van der Waals surface area contributed by atoms with Gasteiger partial charge in [0.05, 0.1) is 11.3 Å². The Bertz CT molecular complexity index is 870. The van der Waals surface area contributed by atoms with Gasteiger partial charge in [-0.15, -0.1) is 0 Å². The van der Waals surface area contributed by atoms with Crippen LogP contribution in [0.4, 0.5) is 10.1 Å². The fourth-order valence-electron chi connectivity index (χ4n) is 2.49. The Kier molecular flexibility index (Phi) is 5.88. The van der Waals surface area contributed by atoms with Crippen molar-refractivity contribution < 1.29 is 9.18 Å². The highest BCUT2D eigenvalue weighted by molar-refractivity contribution is 5.94. The third-order valence-electron chi connectivity index (χ3n) is 3.86. The summed E-state index contributed by atoms with van der Waals surface area (Å²) in [7, 11) is 0. The first-order chi connectivity index (χ1) is 12.7. The van der Waals surface area contributed by atoms with Gasteiger partial charge in [-0.3, -0.25) is 14.8 Å². The number of carbonyl (C=O) groups is 1. The molecular formula is C20H19FN4O. The molecule has 0 saturated carbocycles. The Balaban J connectivity index is 1.54. The zero-order valence-electron chi connectivity index (χ0n) is 14.2. The van der Waals surface area contributed by atoms with Crippen LogP contribution in [-0.2, 0) is 13.0 Å². The van der Waals surface area contributed by atoms with E-state index in [2.05, 4.69) is 20.6 Å². The molecule has 3 rings (SSSR count). The number of halogens is 1. The van der Waals surface area contributed by atoms with E-state index < -0.39 is 0 Å². The lowest BCUT2D eigenvalue weighted by atomic mass is 10.1. The average molecular weight is 350 g/mol. The van der Waals surface area contributed by atoms with Crippen LogP contribution in [0, 0.1) is 5.82 Å². The van der Waals surface area contributed by atoms with Gasteiger partial charge in [0.15, 0.2) is 0 Å². The molecule has 5 nitrogen and oxygen atoms in total. The van der Waals surface area contributed by atoms with Gasteiger partial charge in [-0.1, -0.05) is 24.3 Å². The highest BCUT2D eigenvalue weighted by atomic mass is 19.1. The SMILES string of the molecule is O=C(NCc1cccnc1)c1cncc(NCCc2ccccc2F)c1. The third kappa shape index (κ3) is 4.86. The number of benzene rings is 1. The van der Waals surface area contributed by atoms with Crippen LogP contribution in [0.1, 0.15) is 21.5 Å². The zero-order valence-corrected chi connectivity index (χ0v) is 14.2. The minimum atomic E-state index is -0.212. The Morgan fingerprint density at radius 2 is 1.92 bits per heavy atom. The molecule has 3 aromatic rings. The summed E-state index contributed by atoms with van der Waals surface area (Å²) < 4.78 is 13.6. The number of aromatic nitrogens is 2. The van der Waals surface area contributed by atoms with Crippen LogP contribution in [0.15, 0.2) is 67.3 Å². The summed E-state index contributed by atoms with van der Waals surface area (Å²) >= 11 is 0. The van der Waals surface area contributed by atoms with Crippen LogP contribution in [0.5, 0.6) is 0 Å². The highest BCUT2D eigenvalue weighted by Crippen LogP contribution is 2.11. The predicted molar refractivity (Wildman–Crippen MR) is 98.2 cm³/mol. The topological polar surface area (TPSA) is 66.9 Å². The third-order valence-corrected chi connectivity index (χ3v) is 3.86. The number of nitrogens with zero attached hydrogens (tertiary/aromatic N) is 2. The second-order valence-corrected chi connectivity index (χ2v) is 5.77. The van der Waals surface area contributed by atoms with E-state index in [1.165, 1.54) is 12.3 Å². The summed E-state index contributed by atoms with van der Waals surface area (Å²) in [5.74, 6) is -0.421. The summed E-state index contributed by atoms with van der Waals surface area (Å²) in [5.41, 5.74) is 2.76. The number of rotatable bonds is 7. The minimum absolute atomic E-state index is 0.209. The van der Waals surface area contributed by atoms with Crippen molar-refractivity contribution in [2.75, 3.05) is 11.9 Å². The first-order valence-electron chi connectivity index (χ1n) is 8.32. The molecule has 132 valence electrons. The molecule has 0 aliphatic rings. The minimum Gasteiger partial charge on any atom is -0.383 e. The molecule has 1 amide bonds. The van der Waals surface area contributed by atoms with Crippen LogP contribution >= 0.6 is 0 Å². The lowest BCUT2D eigenvalue weighted by molar-refractivity contribution is 0.0950. The van der Waals surface area contributed by atoms with E-state index in [1.54, 1.807) is 36.8 Å². The van der Waals surface area contributed by atoms with Crippen molar-refractivity contribution in [3.63, 3.8) is 0 Å². The number of carbonyl (C=O) groups excluding carboxylic acids is 1. The van der Waals surface area contributed by atoms with Gasteiger partial charge < -0.3 is 10.6 Å². The molecule has 2 N–H and O–H groups in total. The molecule has 26 heavy (non-hydrogen) atoms. The maximum atomic E-state index is 13.6. The zero-order chi connectivity index (χ0) is 18.2. The first kappa shape index (κ1) is 17.5. The van der Waals surface area contributed by atoms with Crippen molar-refractivity contribution in [2.24, 2.45) is 0 Å².